The maximum absolute atomic E-state index is 11.9. The number of nitrogens with zero attached hydrogens (tertiary/aromatic N) is 4. The van der Waals surface area contributed by atoms with Gasteiger partial charge in [-0.1, -0.05) is 30.1 Å². The fourth-order valence-corrected chi connectivity index (χ4v) is 2.10. The number of hydrogen-bond donors (Lipinski definition) is 0. The first-order chi connectivity index (χ1) is 9.06. The zero-order valence-electron chi connectivity index (χ0n) is 10.7. The molecule has 2 aromatic rings. The number of aromatic nitrogens is 4. The molecule has 102 valence electrons. The van der Waals surface area contributed by atoms with E-state index in [1.54, 1.807) is 0 Å². The van der Waals surface area contributed by atoms with Gasteiger partial charge < -0.3 is 0 Å². The SMILES string of the molecule is CCc1cc(Cn2cnc(Cl)c(Cl)c2=O)n(CC)n1. The van der Waals surface area contributed by atoms with E-state index in [0.717, 1.165) is 24.4 Å². The maximum Gasteiger partial charge on any atom is 0.274 e. The Morgan fingerprint density at radius 3 is 2.68 bits per heavy atom. The van der Waals surface area contributed by atoms with E-state index in [0.29, 0.717) is 6.54 Å². The highest BCUT2D eigenvalue weighted by Gasteiger charge is 2.11. The molecule has 0 saturated heterocycles. The van der Waals surface area contributed by atoms with E-state index in [1.165, 1.54) is 10.9 Å². The first-order valence-electron chi connectivity index (χ1n) is 6.02. The number of halogens is 2. The van der Waals surface area contributed by atoms with Crippen LogP contribution in [0.4, 0.5) is 0 Å². The number of aryl methyl sites for hydroxylation is 2. The van der Waals surface area contributed by atoms with E-state index in [4.69, 9.17) is 23.2 Å². The quantitative estimate of drug-likeness (QED) is 0.815. The molecule has 0 aliphatic heterocycles. The summed E-state index contributed by atoms with van der Waals surface area (Å²) in [5.74, 6) is 0. The Bertz CT molecular complexity index is 648. The summed E-state index contributed by atoms with van der Waals surface area (Å²) in [6, 6.07) is 1.98. The minimum atomic E-state index is -0.344. The summed E-state index contributed by atoms with van der Waals surface area (Å²) in [5, 5.41) is 4.41. The lowest BCUT2D eigenvalue weighted by atomic mass is 10.3. The van der Waals surface area contributed by atoms with Gasteiger partial charge in [0.05, 0.1) is 24.3 Å². The Labute approximate surface area is 120 Å². The van der Waals surface area contributed by atoms with Gasteiger partial charge in [-0.2, -0.15) is 5.10 Å². The highest BCUT2D eigenvalue weighted by atomic mass is 35.5. The Morgan fingerprint density at radius 2 is 2.05 bits per heavy atom. The summed E-state index contributed by atoms with van der Waals surface area (Å²) in [6.07, 6.45) is 2.25. The first-order valence-corrected chi connectivity index (χ1v) is 6.78. The van der Waals surface area contributed by atoms with Crippen LogP contribution in [0.3, 0.4) is 0 Å². The number of hydrogen-bond acceptors (Lipinski definition) is 3. The second-order valence-electron chi connectivity index (χ2n) is 4.08. The topological polar surface area (TPSA) is 52.7 Å². The van der Waals surface area contributed by atoms with Crippen LogP contribution in [0.25, 0.3) is 0 Å². The van der Waals surface area contributed by atoms with Crippen LogP contribution in [-0.2, 0) is 19.5 Å². The molecule has 0 aromatic carbocycles. The average molecular weight is 301 g/mol. The van der Waals surface area contributed by atoms with Gasteiger partial charge in [0.1, 0.15) is 5.02 Å². The van der Waals surface area contributed by atoms with E-state index < -0.39 is 0 Å². The summed E-state index contributed by atoms with van der Waals surface area (Å²) in [7, 11) is 0. The summed E-state index contributed by atoms with van der Waals surface area (Å²) in [5.41, 5.74) is 1.60. The molecule has 0 aliphatic rings. The van der Waals surface area contributed by atoms with Crippen molar-refractivity contribution in [2.75, 3.05) is 0 Å². The second-order valence-corrected chi connectivity index (χ2v) is 4.81. The molecular formula is C12H14Cl2N4O. The molecule has 2 aromatic heterocycles. The van der Waals surface area contributed by atoms with E-state index in [2.05, 4.69) is 10.1 Å². The van der Waals surface area contributed by atoms with Crippen LogP contribution in [-0.4, -0.2) is 19.3 Å². The molecule has 0 N–H and O–H groups in total. The van der Waals surface area contributed by atoms with Crippen LogP contribution in [0, 0.1) is 0 Å². The van der Waals surface area contributed by atoms with Gasteiger partial charge in [-0.3, -0.25) is 14.0 Å². The molecule has 0 atom stereocenters. The van der Waals surface area contributed by atoms with Crippen LogP contribution in [0.5, 0.6) is 0 Å². The fraction of sp³-hybridized carbons (Fsp3) is 0.417. The Morgan fingerprint density at radius 1 is 1.32 bits per heavy atom. The van der Waals surface area contributed by atoms with Gasteiger partial charge >= 0.3 is 0 Å². The van der Waals surface area contributed by atoms with Crippen LogP contribution in [0.1, 0.15) is 25.2 Å². The van der Waals surface area contributed by atoms with Gasteiger partial charge in [0.15, 0.2) is 5.15 Å². The molecule has 0 fully saturated rings. The highest BCUT2D eigenvalue weighted by Crippen LogP contribution is 2.13. The smallest absolute Gasteiger partial charge is 0.274 e. The van der Waals surface area contributed by atoms with Gasteiger partial charge in [-0.25, -0.2) is 4.98 Å². The van der Waals surface area contributed by atoms with Crippen LogP contribution in [0.2, 0.25) is 10.2 Å². The van der Waals surface area contributed by atoms with E-state index >= 15 is 0 Å². The van der Waals surface area contributed by atoms with Crippen molar-refractivity contribution in [1.82, 2.24) is 19.3 Å². The molecule has 0 bridgehead atoms. The molecule has 0 amide bonds. The molecule has 0 saturated carbocycles. The van der Waals surface area contributed by atoms with Gasteiger partial charge in [-0.05, 0) is 19.4 Å². The molecule has 0 unspecified atom stereocenters. The van der Waals surface area contributed by atoms with Gasteiger partial charge in [0, 0.05) is 6.54 Å². The molecule has 2 rings (SSSR count). The van der Waals surface area contributed by atoms with Crippen LogP contribution in [0.15, 0.2) is 17.2 Å². The van der Waals surface area contributed by atoms with E-state index in [-0.39, 0.29) is 15.7 Å². The third kappa shape index (κ3) is 2.82. The van der Waals surface area contributed by atoms with Crippen molar-refractivity contribution in [3.05, 3.63) is 44.3 Å². The van der Waals surface area contributed by atoms with E-state index in [1.807, 2.05) is 24.6 Å². The van der Waals surface area contributed by atoms with Gasteiger partial charge in [0.25, 0.3) is 5.56 Å². The lowest BCUT2D eigenvalue weighted by Gasteiger charge is -2.07. The van der Waals surface area contributed by atoms with Crippen molar-refractivity contribution < 1.29 is 0 Å². The van der Waals surface area contributed by atoms with Gasteiger partial charge in [0.2, 0.25) is 0 Å². The van der Waals surface area contributed by atoms with Gasteiger partial charge in [-0.15, -0.1) is 0 Å². The Kier molecular flexibility index (Phi) is 4.27. The summed E-state index contributed by atoms with van der Waals surface area (Å²) < 4.78 is 3.30. The average Bonchev–Trinajstić information content (AvgIpc) is 2.82. The molecule has 2 heterocycles. The minimum absolute atomic E-state index is 0.0289. The second kappa shape index (κ2) is 5.75. The van der Waals surface area contributed by atoms with E-state index in [9.17, 15) is 4.79 Å². The van der Waals surface area contributed by atoms with Crippen molar-refractivity contribution in [1.29, 1.82) is 0 Å². The minimum Gasteiger partial charge on any atom is -0.292 e. The molecular weight excluding hydrogens is 287 g/mol. The first kappa shape index (κ1) is 14.1. The predicted octanol–water partition coefficient (Wildman–Crippen LogP) is 2.38. The maximum atomic E-state index is 11.9. The zero-order valence-corrected chi connectivity index (χ0v) is 12.2. The van der Waals surface area contributed by atoms with Crippen molar-refractivity contribution in [3.63, 3.8) is 0 Å². The fourth-order valence-electron chi connectivity index (χ4n) is 1.82. The molecule has 7 heteroatoms. The standard InChI is InChI=1S/C12H14Cl2N4O/c1-3-8-5-9(18(4-2)16-8)6-17-7-15-11(14)10(13)12(17)19/h5,7H,3-4,6H2,1-2H3. The lowest BCUT2D eigenvalue weighted by Crippen LogP contribution is -2.23. The van der Waals surface area contributed by atoms with Crippen LogP contribution >= 0.6 is 23.2 Å². The monoisotopic (exact) mass is 300 g/mol. The largest absolute Gasteiger partial charge is 0.292 e. The van der Waals surface area contributed by atoms with Crippen molar-refractivity contribution in [3.8, 4) is 0 Å². The predicted molar refractivity (Wildman–Crippen MR) is 74.9 cm³/mol. The summed E-state index contributed by atoms with van der Waals surface area (Å²) in [4.78, 5) is 15.8. The van der Waals surface area contributed by atoms with Crippen molar-refractivity contribution in [2.24, 2.45) is 0 Å². The van der Waals surface area contributed by atoms with Crippen molar-refractivity contribution >= 4 is 23.2 Å². The molecule has 5 nitrogen and oxygen atoms in total. The molecule has 19 heavy (non-hydrogen) atoms. The summed E-state index contributed by atoms with van der Waals surface area (Å²) >= 11 is 11.5. The highest BCUT2D eigenvalue weighted by molar-refractivity contribution is 6.40. The lowest BCUT2D eigenvalue weighted by molar-refractivity contribution is 0.586. The third-order valence-corrected chi connectivity index (χ3v) is 3.57. The third-order valence-electron chi connectivity index (χ3n) is 2.85. The Hall–Kier alpha value is -1.33. The zero-order chi connectivity index (χ0) is 14.0. The van der Waals surface area contributed by atoms with Crippen LogP contribution < -0.4 is 5.56 Å². The molecule has 0 radical (unpaired) electrons. The molecule has 0 spiro atoms. The normalized spacial score (nSPS) is 10.9. The Balaban J connectivity index is 2.39. The van der Waals surface area contributed by atoms with Crippen molar-refractivity contribution in [2.45, 2.75) is 33.4 Å². The molecule has 0 aliphatic carbocycles. The number of rotatable bonds is 4. The summed E-state index contributed by atoms with van der Waals surface area (Å²) in [6.45, 7) is 5.17.